The van der Waals surface area contributed by atoms with Crippen molar-refractivity contribution in [2.45, 2.75) is 6.54 Å². The molecule has 0 atom stereocenters. The SMILES string of the molecule is O=C(NCc1nnc2ccc(Cl)cn12)OCCF. The van der Waals surface area contributed by atoms with Crippen molar-refractivity contribution in [3.63, 3.8) is 0 Å². The number of carbonyl (C=O) groups excluding carboxylic acids is 1. The second-order valence-electron chi connectivity index (χ2n) is 3.37. The van der Waals surface area contributed by atoms with Crippen LogP contribution in [0, 0.1) is 0 Å². The van der Waals surface area contributed by atoms with E-state index in [1.165, 1.54) is 0 Å². The molecule has 0 spiro atoms. The first-order valence-corrected chi connectivity index (χ1v) is 5.54. The number of nitrogens with zero attached hydrogens (tertiary/aromatic N) is 3. The number of ether oxygens (including phenoxy) is 1. The average molecular weight is 273 g/mol. The molecule has 1 N–H and O–H groups in total. The van der Waals surface area contributed by atoms with Gasteiger partial charge in [-0.1, -0.05) is 11.6 Å². The molecule has 2 aromatic heterocycles. The molecule has 2 heterocycles. The lowest BCUT2D eigenvalue weighted by Crippen LogP contribution is -2.25. The van der Waals surface area contributed by atoms with Crippen LogP contribution in [0.15, 0.2) is 18.3 Å². The number of alkyl carbamates (subject to hydrolysis) is 1. The number of alkyl halides is 1. The zero-order valence-corrected chi connectivity index (χ0v) is 10.0. The lowest BCUT2D eigenvalue weighted by Gasteiger charge is -2.04. The molecule has 2 rings (SSSR count). The smallest absolute Gasteiger partial charge is 0.407 e. The van der Waals surface area contributed by atoms with Crippen LogP contribution in [-0.2, 0) is 11.3 Å². The molecule has 0 saturated carbocycles. The van der Waals surface area contributed by atoms with Crippen LogP contribution in [-0.4, -0.2) is 34.0 Å². The second kappa shape index (κ2) is 5.63. The Balaban J connectivity index is 2.03. The Morgan fingerprint density at radius 2 is 2.33 bits per heavy atom. The van der Waals surface area contributed by atoms with E-state index in [9.17, 15) is 9.18 Å². The number of amides is 1. The standard InChI is InChI=1S/C10H10ClFN4O2/c11-7-1-2-8-14-15-9(16(8)6-7)5-13-10(17)18-4-3-12/h1-2,6H,3-5H2,(H,13,17). The highest BCUT2D eigenvalue weighted by Gasteiger charge is 2.08. The Bertz CT molecular complexity index is 560. The van der Waals surface area contributed by atoms with Crippen molar-refractivity contribution in [1.29, 1.82) is 0 Å². The van der Waals surface area contributed by atoms with Gasteiger partial charge in [0.05, 0.1) is 11.6 Å². The number of halogens is 2. The van der Waals surface area contributed by atoms with E-state index in [1.807, 2.05) is 0 Å². The van der Waals surface area contributed by atoms with Gasteiger partial charge in [-0.3, -0.25) is 4.40 Å². The van der Waals surface area contributed by atoms with E-state index in [1.54, 1.807) is 22.7 Å². The van der Waals surface area contributed by atoms with Crippen LogP contribution >= 0.6 is 11.6 Å². The van der Waals surface area contributed by atoms with Crippen LogP contribution in [0.5, 0.6) is 0 Å². The highest BCUT2D eigenvalue weighted by atomic mass is 35.5. The molecule has 0 aromatic carbocycles. The first kappa shape index (κ1) is 12.6. The van der Waals surface area contributed by atoms with Gasteiger partial charge >= 0.3 is 6.09 Å². The molecule has 1 amide bonds. The van der Waals surface area contributed by atoms with Crippen LogP contribution in [0.3, 0.4) is 0 Å². The van der Waals surface area contributed by atoms with E-state index in [0.717, 1.165) is 0 Å². The number of carbonyl (C=O) groups is 1. The third-order valence-corrected chi connectivity index (χ3v) is 2.36. The molecule has 96 valence electrons. The van der Waals surface area contributed by atoms with Crippen molar-refractivity contribution in [2.24, 2.45) is 0 Å². The predicted molar refractivity (Wildman–Crippen MR) is 62.2 cm³/mol. The van der Waals surface area contributed by atoms with Gasteiger partial charge in [0.25, 0.3) is 0 Å². The predicted octanol–water partition coefficient (Wildman–Crippen LogP) is 1.58. The van der Waals surface area contributed by atoms with Gasteiger partial charge in [-0.2, -0.15) is 0 Å². The summed E-state index contributed by atoms with van der Waals surface area (Å²) in [7, 11) is 0. The van der Waals surface area contributed by atoms with Gasteiger partial charge in [-0.25, -0.2) is 9.18 Å². The largest absolute Gasteiger partial charge is 0.447 e. The summed E-state index contributed by atoms with van der Waals surface area (Å²) in [4.78, 5) is 11.1. The van der Waals surface area contributed by atoms with Crippen molar-refractivity contribution >= 4 is 23.3 Å². The molecule has 0 aliphatic rings. The molecular weight excluding hydrogens is 263 g/mol. The van der Waals surface area contributed by atoms with Gasteiger partial charge in [0.2, 0.25) is 0 Å². The van der Waals surface area contributed by atoms with Crippen molar-refractivity contribution in [3.8, 4) is 0 Å². The Hall–Kier alpha value is -1.89. The van der Waals surface area contributed by atoms with Crippen LogP contribution in [0.25, 0.3) is 5.65 Å². The van der Waals surface area contributed by atoms with Gasteiger partial charge in [0, 0.05) is 6.20 Å². The van der Waals surface area contributed by atoms with Crippen LogP contribution in [0.4, 0.5) is 9.18 Å². The van der Waals surface area contributed by atoms with E-state index < -0.39 is 12.8 Å². The van der Waals surface area contributed by atoms with E-state index in [-0.39, 0.29) is 13.2 Å². The summed E-state index contributed by atoms with van der Waals surface area (Å²) in [6, 6.07) is 3.40. The van der Waals surface area contributed by atoms with Crippen LogP contribution < -0.4 is 5.32 Å². The molecule has 8 heteroatoms. The molecule has 0 unspecified atom stereocenters. The molecule has 6 nitrogen and oxygen atoms in total. The first-order chi connectivity index (χ1) is 8.70. The maximum Gasteiger partial charge on any atom is 0.407 e. The molecule has 0 fully saturated rings. The summed E-state index contributed by atoms with van der Waals surface area (Å²) < 4.78 is 17.9. The normalized spacial score (nSPS) is 10.6. The lowest BCUT2D eigenvalue weighted by molar-refractivity contribution is 0.137. The number of nitrogens with one attached hydrogen (secondary N) is 1. The van der Waals surface area contributed by atoms with E-state index >= 15 is 0 Å². The van der Waals surface area contributed by atoms with E-state index in [4.69, 9.17) is 11.6 Å². The van der Waals surface area contributed by atoms with Crippen LogP contribution in [0.1, 0.15) is 5.82 Å². The molecule has 18 heavy (non-hydrogen) atoms. The number of hydrogen-bond acceptors (Lipinski definition) is 4. The maximum absolute atomic E-state index is 11.8. The summed E-state index contributed by atoms with van der Waals surface area (Å²) >= 11 is 5.85. The highest BCUT2D eigenvalue weighted by molar-refractivity contribution is 6.30. The minimum Gasteiger partial charge on any atom is -0.447 e. The van der Waals surface area contributed by atoms with Gasteiger partial charge in [-0.15, -0.1) is 10.2 Å². The average Bonchev–Trinajstić information content (AvgIpc) is 2.76. The molecule has 0 bridgehead atoms. The van der Waals surface area contributed by atoms with E-state index in [2.05, 4.69) is 20.3 Å². The zero-order valence-electron chi connectivity index (χ0n) is 9.27. The van der Waals surface area contributed by atoms with Crippen molar-refractivity contribution < 1.29 is 13.9 Å². The number of pyridine rings is 1. The topological polar surface area (TPSA) is 68.5 Å². The Morgan fingerprint density at radius 3 is 3.11 bits per heavy atom. The summed E-state index contributed by atoms with van der Waals surface area (Å²) in [6.45, 7) is -0.859. The van der Waals surface area contributed by atoms with Crippen molar-refractivity contribution in [3.05, 3.63) is 29.2 Å². The van der Waals surface area contributed by atoms with Gasteiger partial charge in [0.15, 0.2) is 11.5 Å². The minimum absolute atomic E-state index is 0.118. The van der Waals surface area contributed by atoms with E-state index in [0.29, 0.717) is 16.5 Å². The monoisotopic (exact) mass is 272 g/mol. The summed E-state index contributed by atoms with van der Waals surface area (Å²) in [5.74, 6) is 0.504. The summed E-state index contributed by atoms with van der Waals surface area (Å²) in [5.41, 5.74) is 0.619. The van der Waals surface area contributed by atoms with Crippen LogP contribution in [0.2, 0.25) is 5.02 Å². The number of fused-ring (bicyclic) bond motifs is 1. The van der Waals surface area contributed by atoms with Gasteiger partial charge in [0.1, 0.15) is 13.3 Å². The molecule has 0 radical (unpaired) electrons. The van der Waals surface area contributed by atoms with Crippen molar-refractivity contribution in [1.82, 2.24) is 19.9 Å². The lowest BCUT2D eigenvalue weighted by atomic mass is 10.4. The zero-order chi connectivity index (χ0) is 13.0. The first-order valence-electron chi connectivity index (χ1n) is 5.16. The summed E-state index contributed by atoms with van der Waals surface area (Å²) in [5, 5.41) is 10.8. The Labute approximate surface area is 107 Å². The molecule has 0 saturated heterocycles. The quantitative estimate of drug-likeness (QED) is 0.917. The Kier molecular flexibility index (Phi) is 3.93. The van der Waals surface area contributed by atoms with Gasteiger partial charge < -0.3 is 10.1 Å². The third kappa shape index (κ3) is 2.86. The second-order valence-corrected chi connectivity index (χ2v) is 3.81. The third-order valence-electron chi connectivity index (χ3n) is 2.14. The maximum atomic E-state index is 11.8. The minimum atomic E-state index is -0.711. The molecule has 0 aliphatic heterocycles. The number of rotatable bonds is 4. The highest BCUT2D eigenvalue weighted by Crippen LogP contribution is 2.11. The molecule has 2 aromatic rings. The molecule has 0 aliphatic carbocycles. The summed E-state index contributed by atoms with van der Waals surface area (Å²) in [6.07, 6.45) is 0.937. The Morgan fingerprint density at radius 1 is 1.50 bits per heavy atom. The molecular formula is C10H10ClFN4O2. The fourth-order valence-corrected chi connectivity index (χ4v) is 1.53. The fourth-order valence-electron chi connectivity index (χ4n) is 1.37. The van der Waals surface area contributed by atoms with Crippen molar-refractivity contribution in [2.75, 3.05) is 13.3 Å². The number of aromatic nitrogens is 3. The van der Waals surface area contributed by atoms with Gasteiger partial charge in [-0.05, 0) is 12.1 Å². The number of hydrogen-bond donors (Lipinski definition) is 1. The fraction of sp³-hybridized carbons (Fsp3) is 0.300.